The first kappa shape index (κ1) is 8.39. The lowest BCUT2D eigenvalue weighted by molar-refractivity contribution is -0.138. The van der Waals surface area contributed by atoms with Crippen LogP contribution in [0.15, 0.2) is 0 Å². The first-order chi connectivity index (χ1) is 3.72. The molecule has 0 fully saturated rings. The van der Waals surface area contributed by atoms with Gasteiger partial charge in [-0.15, -0.1) is 0 Å². The summed E-state index contributed by atoms with van der Waals surface area (Å²) < 4.78 is 0. The Balaban J connectivity index is 3.52. The third kappa shape index (κ3) is 2.64. The molecular formula is C3H9AlNO2P. The van der Waals surface area contributed by atoms with E-state index in [9.17, 15) is 4.79 Å². The minimum absolute atomic E-state index is 0.355. The predicted molar refractivity (Wildman–Crippen MR) is 37.6 cm³/mol. The average molecular weight is 149 g/mol. The molecule has 0 aliphatic heterocycles. The molecule has 2 atom stereocenters. The first-order valence-electron chi connectivity index (χ1n) is 2.41. The van der Waals surface area contributed by atoms with Crippen molar-refractivity contribution in [2.24, 2.45) is 0 Å². The molecule has 0 heterocycles. The van der Waals surface area contributed by atoms with E-state index in [1.165, 1.54) is 0 Å². The van der Waals surface area contributed by atoms with E-state index in [1.807, 2.05) is 0 Å². The minimum atomic E-state index is -0.769. The molecule has 0 rings (SSSR count). The normalized spacial score (nSPS) is 13.1. The summed E-state index contributed by atoms with van der Waals surface area (Å²) >= 11 is 0.923. The van der Waals surface area contributed by atoms with Gasteiger partial charge >= 0.3 is 5.97 Å². The number of carboxylic acid groups (broad SMARTS) is 1. The molecule has 2 unspecified atom stereocenters. The maximum absolute atomic E-state index is 10.1. The Morgan fingerprint density at radius 2 is 2.50 bits per heavy atom. The van der Waals surface area contributed by atoms with E-state index in [-0.39, 0.29) is 6.04 Å². The van der Waals surface area contributed by atoms with Gasteiger partial charge in [0, 0.05) is 0 Å². The molecule has 0 amide bonds. The largest absolute Gasteiger partial charge is 0.480 e. The van der Waals surface area contributed by atoms with E-state index in [2.05, 4.69) is 14.5 Å². The number of carbonyl (C=O) groups is 1. The van der Waals surface area contributed by atoms with Crippen LogP contribution in [0.2, 0.25) is 5.28 Å². The summed E-state index contributed by atoms with van der Waals surface area (Å²) in [6, 6.07) is -0.355. The zero-order valence-corrected chi connectivity index (χ0v) is 7.87. The molecule has 0 saturated carbocycles. The van der Waals surface area contributed by atoms with Crippen LogP contribution in [0.1, 0.15) is 0 Å². The fraction of sp³-hybridized carbons (Fsp3) is 0.667. The van der Waals surface area contributed by atoms with Crippen molar-refractivity contribution < 1.29 is 9.90 Å². The molecule has 2 N–H and O–H groups in total. The fourth-order valence-corrected chi connectivity index (χ4v) is 1.80. The highest BCUT2D eigenvalue weighted by Crippen LogP contribution is 1.90. The second kappa shape index (κ2) is 4.29. The maximum atomic E-state index is 10.1. The second-order valence-corrected chi connectivity index (χ2v) is 2.62. The Morgan fingerprint density at radius 3 is 2.50 bits per heavy atom. The smallest absolute Gasteiger partial charge is 0.319 e. The van der Waals surface area contributed by atoms with Gasteiger partial charge in [0.1, 0.15) is 0 Å². The standard InChI is InChI=1S/C3H7NO2P.Al.2H/c1-2(4-7)3(5)6;;;/h2,4H,1,7H2,(H,5,6);;;. The van der Waals surface area contributed by atoms with Crippen molar-refractivity contribution in [1.29, 1.82) is 0 Å². The summed E-state index contributed by atoms with van der Waals surface area (Å²) in [7, 11) is 2.20. The molecule has 46 valence electrons. The molecule has 0 aromatic carbocycles. The van der Waals surface area contributed by atoms with Gasteiger partial charge in [0.15, 0.2) is 0 Å². The predicted octanol–water partition coefficient (Wildman–Crippen LogP) is -1.13. The Labute approximate surface area is 58.5 Å². The Kier molecular flexibility index (Phi) is 4.50. The number of rotatable bonds is 3. The SMILES string of the molecule is O=C(O)C([CH2][AlH2])NP. The van der Waals surface area contributed by atoms with E-state index in [1.54, 1.807) is 0 Å². The Bertz CT molecular complexity index is 85.4. The zero-order valence-electron chi connectivity index (χ0n) is 4.72. The molecule has 0 aliphatic carbocycles. The van der Waals surface area contributed by atoms with Gasteiger partial charge in [-0.2, -0.15) is 0 Å². The third-order valence-corrected chi connectivity index (χ3v) is 2.13. The van der Waals surface area contributed by atoms with Gasteiger partial charge in [-0.05, 0) is 0 Å². The lowest BCUT2D eigenvalue weighted by atomic mass is 10.4. The number of hydrogen-bond acceptors (Lipinski definition) is 2. The van der Waals surface area contributed by atoms with Gasteiger partial charge < -0.3 is 5.11 Å². The van der Waals surface area contributed by atoms with E-state index in [0.717, 1.165) is 21.6 Å². The maximum Gasteiger partial charge on any atom is 0.319 e. The molecule has 5 heteroatoms. The minimum Gasteiger partial charge on any atom is -0.480 e. The van der Waals surface area contributed by atoms with Crippen LogP contribution in [0.4, 0.5) is 0 Å². The topological polar surface area (TPSA) is 49.3 Å². The molecule has 3 nitrogen and oxygen atoms in total. The van der Waals surface area contributed by atoms with E-state index < -0.39 is 5.97 Å². The lowest BCUT2D eigenvalue weighted by Crippen LogP contribution is -2.29. The molecule has 0 bridgehead atoms. The van der Waals surface area contributed by atoms with Gasteiger partial charge in [0.05, 0.1) is 6.04 Å². The number of nitrogens with one attached hydrogen (secondary N) is 1. The first-order valence-corrected chi connectivity index (χ1v) is 4.40. The van der Waals surface area contributed by atoms with Crippen LogP contribution in [0, 0.1) is 0 Å². The van der Waals surface area contributed by atoms with Crippen LogP contribution >= 0.6 is 9.39 Å². The van der Waals surface area contributed by atoms with Gasteiger partial charge in [-0.25, -0.2) is 0 Å². The second-order valence-electron chi connectivity index (χ2n) is 1.47. The van der Waals surface area contributed by atoms with Crippen LogP contribution in [0.25, 0.3) is 0 Å². The van der Waals surface area contributed by atoms with Gasteiger partial charge in [-0.3, -0.25) is 9.88 Å². The summed E-state index contributed by atoms with van der Waals surface area (Å²) in [6.45, 7) is 0. The molecular weight excluding hydrogens is 140 g/mol. The van der Waals surface area contributed by atoms with Gasteiger partial charge in [0.25, 0.3) is 0 Å². The van der Waals surface area contributed by atoms with Crippen molar-refractivity contribution in [3.63, 3.8) is 0 Å². The number of hydrogen-bond donors (Lipinski definition) is 2. The number of carboxylic acids is 1. The third-order valence-electron chi connectivity index (χ3n) is 0.908. The van der Waals surface area contributed by atoms with E-state index >= 15 is 0 Å². The molecule has 0 radical (unpaired) electrons. The quantitative estimate of drug-likeness (QED) is 0.394. The Morgan fingerprint density at radius 1 is 2.00 bits per heavy atom. The van der Waals surface area contributed by atoms with E-state index in [4.69, 9.17) is 5.11 Å². The molecule has 8 heavy (non-hydrogen) atoms. The fourth-order valence-electron chi connectivity index (χ4n) is 0.364. The highest BCUT2D eigenvalue weighted by atomic mass is 31.0. The van der Waals surface area contributed by atoms with Crippen LogP contribution in [0.3, 0.4) is 0 Å². The summed E-state index contributed by atoms with van der Waals surface area (Å²) in [4.78, 5) is 10.1. The van der Waals surface area contributed by atoms with Crippen LogP contribution < -0.4 is 5.09 Å². The van der Waals surface area contributed by atoms with Gasteiger partial charge in [0.2, 0.25) is 16.3 Å². The summed E-state index contributed by atoms with van der Waals surface area (Å²) in [6.07, 6.45) is 0. The van der Waals surface area contributed by atoms with Crippen LogP contribution in [-0.2, 0) is 4.79 Å². The van der Waals surface area contributed by atoms with Crippen molar-refractivity contribution in [2.45, 2.75) is 11.3 Å². The Hall–Kier alpha value is 0.392. The van der Waals surface area contributed by atoms with E-state index in [0.29, 0.717) is 0 Å². The van der Waals surface area contributed by atoms with Gasteiger partial charge in [-0.1, -0.05) is 14.7 Å². The molecule has 0 saturated heterocycles. The van der Waals surface area contributed by atoms with Crippen LogP contribution in [-0.4, -0.2) is 33.4 Å². The molecule has 0 aromatic rings. The highest BCUT2D eigenvalue weighted by molar-refractivity contribution is 7.13. The monoisotopic (exact) mass is 149 g/mol. The van der Waals surface area contributed by atoms with Crippen molar-refractivity contribution in [3.05, 3.63) is 0 Å². The van der Waals surface area contributed by atoms with Crippen molar-refractivity contribution in [2.75, 3.05) is 0 Å². The highest BCUT2D eigenvalue weighted by Gasteiger charge is 2.09. The summed E-state index contributed by atoms with van der Waals surface area (Å²) in [5.41, 5.74) is 0. The summed E-state index contributed by atoms with van der Waals surface area (Å²) in [5, 5.41) is 11.7. The van der Waals surface area contributed by atoms with Crippen LogP contribution in [0.5, 0.6) is 0 Å². The van der Waals surface area contributed by atoms with Crippen molar-refractivity contribution >= 4 is 31.7 Å². The van der Waals surface area contributed by atoms with Crippen molar-refractivity contribution in [1.82, 2.24) is 5.09 Å². The molecule has 0 aliphatic rings. The van der Waals surface area contributed by atoms with Crippen molar-refractivity contribution in [3.8, 4) is 0 Å². The summed E-state index contributed by atoms with van der Waals surface area (Å²) in [5.74, 6) is -0.769. The lowest BCUT2D eigenvalue weighted by Gasteiger charge is -2.05. The number of aliphatic carboxylic acids is 1. The zero-order chi connectivity index (χ0) is 6.57. The molecule has 0 aromatic heterocycles. The average Bonchev–Trinajstić information content (AvgIpc) is 1.69. The molecule has 0 spiro atoms.